The lowest BCUT2D eigenvalue weighted by Gasteiger charge is -2.36. The number of carbonyl (C=O) groups excluding carboxylic acids is 1. The normalized spacial score (nSPS) is 13.7. The highest BCUT2D eigenvalue weighted by molar-refractivity contribution is 5.94. The van der Waals surface area contributed by atoms with Crippen molar-refractivity contribution < 1.29 is 9.53 Å². The standard InChI is InChI=1S/C27H27N5O2/c1-20-7-9-21(10-8-20)25-19-28-29-32(25)23-13-11-22(12-14-23)27(33)31-17-15-30(16-18-31)24-5-3-4-6-26(24)34-2/h3-14,19H,15-18H2,1-2H3. The molecule has 1 fully saturated rings. The van der Waals surface area contributed by atoms with Gasteiger partial charge in [-0.05, 0) is 43.3 Å². The van der Waals surface area contributed by atoms with Crippen LogP contribution in [0, 0.1) is 6.92 Å². The summed E-state index contributed by atoms with van der Waals surface area (Å²) in [5.41, 5.74) is 5.76. The van der Waals surface area contributed by atoms with Gasteiger partial charge in [0.25, 0.3) is 5.91 Å². The number of aromatic nitrogens is 3. The van der Waals surface area contributed by atoms with E-state index in [9.17, 15) is 4.79 Å². The molecular formula is C27H27N5O2. The molecule has 7 nitrogen and oxygen atoms in total. The quantitative estimate of drug-likeness (QED) is 0.453. The first-order chi connectivity index (χ1) is 16.6. The molecule has 7 heteroatoms. The van der Waals surface area contributed by atoms with Crippen LogP contribution in [0.25, 0.3) is 16.9 Å². The number of hydrogen-bond donors (Lipinski definition) is 0. The van der Waals surface area contributed by atoms with Crippen LogP contribution in [-0.2, 0) is 0 Å². The van der Waals surface area contributed by atoms with Crippen LogP contribution >= 0.6 is 0 Å². The van der Waals surface area contributed by atoms with Crippen molar-refractivity contribution in [1.29, 1.82) is 0 Å². The number of hydrogen-bond acceptors (Lipinski definition) is 5. The van der Waals surface area contributed by atoms with Gasteiger partial charge in [-0.1, -0.05) is 47.2 Å². The van der Waals surface area contributed by atoms with E-state index in [0.717, 1.165) is 41.5 Å². The number of amides is 1. The summed E-state index contributed by atoms with van der Waals surface area (Å²) in [5, 5.41) is 8.35. The Morgan fingerprint density at radius 1 is 0.882 bits per heavy atom. The molecule has 0 atom stereocenters. The van der Waals surface area contributed by atoms with Crippen LogP contribution in [0.15, 0.2) is 79.0 Å². The van der Waals surface area contributed by atoms with Crippen molar-refractivity contribution in [3.63, 3.8) is 0 Å². The number of aryl methyl sites for hydroxylation is 1. The third-order valence-electron chi connectivity index (χ3n) is 6.25. The maximum absolute atomic E-state index is 13.1. The third-order valence-corrected chi connectivity index (χ3v) is 6.25. The van der Waals surface area contributed by atoms with Gasteiger partial charge in [-0.3, -0.25) is 4.79 Å². The van der Waals surface area contributed by atoms with Crippen LogP contribution in [0.3, 0.4) is 0 Å². The maximum atomic E-state index is 13.1. The SMILES string of the molecule is COc1ccccc1N1CCN(C(=O)c2ccc(-n3nncc3-c3ccc(C)cc3)cc2)CC1. The van der Waals surface area contributed by atoms with Gasteiger partial charge in [0.1, 0.15) is 5.75 Å². The van der Waals surface area contributed by atoms with Gasteiger partial charge in [-0.2, -0.15) is 0 Å². The second-order valence-corrected chi connectivity index (χ2v) is 8.40. The van der Waals surface area contributed by atoms with Gasteiger partial charge in [-0.25, -0.2) is 4.68 Å². The number of benzene rings is 3. The average molecular weight is 454 g/mol. The average Bonchev–Trinajstić information content (AvgIpc) is 3.39. The molecule has 4 aromatic rings. The Labute approximate surface area is 199 Å². The van der Waals surface area contributed by atoms with Crippen LogP contribution in [0.5, 0.6) is 5.75 Å². The molecule has 34 heavy (non-hydrogen) atoms. The Kier molecular flexibility index (Phi) is 5.99. The van der Waals surface area contributed by atoms with E-state index >= 15 is 0 Å². The summed E-state index contributed by atoms with van der Waals surface area (Å²) < 4.78 is 7.29. The van der Waals surface area contributed by atoms with Crippen LogP contribution in [-0.4, -0.2) is 59.1 Å². The zero-order valence-electron chi connectivity index (χ0n) is 19.4. The van der Waals surface area contributed by atoms with Crippen LogP contribution in [0.2, 0.25) is 0 Å². The highest BCUT2D eigenvalue weighted by Gasteiger charge is 2.24. The monoisotopic (exact) mass is 453 g/mol. The number of nitrogens with zero attached hydrogens (tertiary/aromatic N) is 5. The Bertz CT molecular complexity index is 1270. The van der Waals surface area contributed by atoms with Crippen LogP contribution < -0.4 is 9.64 Å². The summed E-state index contributed by atoms with van der Waals surface area (Å²) >= 11 is 0. The van der Waals surface area contributed by atoms with Gasteiger partial charge >= 0.3 is 0 Å². The van der Waals surface area contributed by atoms with Gasteiger partial charge in [0, 0.05) is 37.3 Å². The number of carbonyl (C=O) groups is 1. The molecule has 0 N–H and O–H groups in total. The minimum absolute atomic E-state index is 0.0450. The second kappa shape index (κ2) is 9.39. The van der Waals surface area contributed by atoms with E-state index in [1.807, 2.05) is 47.4 Å². The molecule has 1 amide bonds. The van der Waals surface area contributed by atoms with Gasteiger partial charge in [0.05, 0.1) is 30.4 Å². The lowest BCUT2D eigenvalue weighted by Crippen LogP contribution is -2.48. The van der Waals surface area contributed by atoms with Crippen molar-refractivity contribution in [2.75, 3.05) is 38.2 Å². The fourth-order valence-electron chi connectivity index (χ4n) is 4.32. The number of ether oxygens (including phenoxy) is 1. The Morgan fingerprint density at radius 2 is 1.59 bits per heavy atom. The molecule has 5 rings (SSSR count). The maximum Gasteiger partial charge on any atom is 0.253 e. The molecule has 3 aromatic carbocycles. The lowest BCUT2D eigenvalue weighted by atomic mass is 10.1. The van der Waals surface area contributed by atoms with Gasteiger partial charge < -0.3 is 14.5 Å². The molecule has 0 spiro atoms. The van der Waals surface area contributed by atoms with E-state index in [2.05, 4.69) is 52.5 Å². The largest absolute Gasteiger partial charge is 0.495 e. The highest BCUT2D eigenvalue weighted by Crippen LogP contribution is 2.28. The molecule has 172 valence electrons. The molecule has 0 bridgehead atoms. The fraction of sp³-hybridized carbons (Fsp3) is 0.222. The smallest absolute Gasteiger partial charge is 0.253 e. The number of piperazine rings is 1. The molecule has 1 aromatic heterocycles. The third kappa shape index (κ3) is 4.24. The molecule has 0 saturated carbocycles. The summed E-state index contributed by atoms with van der Waals surface area (Å²) in [7, 11) is 1.69. The molecule has 0 aliphatic carbocycles. The van der Waals surface area contributed by atoms with E-state index in [1.165, 1.54) is 5.56 Å². The highest BCUT2D eigenvalue weighted by atomic mass is 16.5. The van der Waals surface area contributed by atoms with Crippen molar-refractivity contribution in [2.24, 2.45) is 0 Å². The first kappa shape index (κ1) is 21.7. The summed E-state index contributed by atoms with van der Waals surface area (Å²) in [6, 6.07) is 23.8. The Morgan fingerprint density at radius 3 is 2.29 bits per heavy atom. The van der Waals surface area contributed by atoms with Crippen molar-refractivity contribution in [1.82, 2.24) is 19.9 Å². The van der Waals surface area contributed by atoms with Crippen molar-refractivity contribution in [3.8, 4) is 22.7 Å². The molecular weight excluding hydrogens is 426 g/mol. The van der Waals surface area contributed by atoms with E-state index in [0.29, 0.717) is 18.7 Å². The van der Waals surface area contributed by atoms with Gasteiger partial charge in [0.15, 0.2) is 0 Å². The predicted octanol–water partition coefficient (Wildman–Crippen LogP) is 4.21. The lowest BCUT2D eigenvalue weighted by molar-refractivity contribution is 0.0746. The van der Waals surface area contributed by atoms with E-state index in [-0.39, 0.29) is 5.91 Å². The molecule has 2 heterocycles. The van der Waals surface area contributed by atoms with Gasteiger partial charge in [0.2, 0.25) is 0 Å². The first-order valence-corrected chi connectivity index (χ1v) is 11.4. The molecule has 1 aliphatic heterocycles. The number of rotatable bonds is 5. The first-order valence-electron chi connectivity index (χ1n) is 11.4. The number of para-hydroxylation sites is 2. The van der Waals surface area contributed by atoms with E-state index in [4.69, 9.17) is 4.74 Å². The zero-order chi connectivity index (χ0) is 23.5. The zero-order valence-corrected chi connectivity index (χ0v) is 19.4. The number of anilines is 1. The van der Waals surface area contributed by atoms with Crippen molar-refractivity contribution >= 4 is 11.6 Å². The molecule has 1 aliphatic rings. The summed E-state index contributed by atoms with van der Waals surface area (Å²) in [6.45, 7) is 4.93. The molecule has 0 radical (unpaired) electrons. The van der Waals surface area contributed by atoms with Crippen molar-refractivity contribution in [3.05, 3.63) is 90.1 Å². The topological polar surface area (TPSA) is 63.5 Å². The fourth-order valence-corrected chi connectivity index (χ4v) is 4.32. The number of methoxy groups -OCH3 is 1. The molecule has 0 unspecified atom stereocenters. The summed E-state index contributed by atoms with van der Waals surface area (Å²) in [4.78, 5) is 17.3. The van der Waals surface area contributed by atoms with Crippen LogP contribution in [0.4, 0.5) is 5.69 Å². The minimum Gasteiger partial charge on any atom is -0.495 e. The Hall–Kier alpha value is -4.13. The predicted molar refractivity (Wildman–Crippen MR) is 133 cm³/mol. The summed E-state index contributed by atoms with van der Waals surface area (Å²) in [6.07, 6.45) is 1.75. The van der Waals surface area contributed by atoms with Crippen molar-refractivity contribution in [2.45, 2.75) is 6.92 Å². The minimum atomic E-state index is 0.0450. The van der Waals surface area contributed by atoms with Gasteiger partial charge in [-0.15, -0.1) is 5.10 Å². The van der Waals surface area contributed by atoms with Crippen LogP contribution in [0.1, 0.15) is 15.9 Å². The summed E-state index contributed by atoms with van der Waals surface area (Å²) in [5.74, 6) is 0.902. The second-order valence-electron chi connectivity index (χ2n) is 8.40. The van der Waals surface area contributed by atoms with E-state index < -0.39 is 0 Å². The molecule has 1 saturated heterocycles. The van der Waals surface area contributed by atoms with E-state index in [1.54, 1.807) is 18.0 Å². The Balaban J connectivity index is 1.27.